The summed E-state index contributed by atoms with van der Waals surface area (Å²) in [7, 11) is 0. The van der Waals surface area contributed by atoms with E-state index >= 15 is 0 Å². The molecule has 2 amide bonds. The molecule has 0 radical (unpaired) electrons. The Hall–Kier alpha value is -3.77. The molecule has 178 valence electrons. The molecule has 3 aromatic carbocycles. The second-order valence-corrected chi connectivity index (χ2v) is 9.88. The van der Waals surface area contributed by atoms with Gasteiger partial charge in [-0.15, -0.1) is 11.3 Å². The first-order chi connectivity index (χ1) is 16.8. The maximum absolute atomic E-state index is 12.7. The highest BCUT2D eigenvalue weighted by atomic mass is 32.1. The van der Waals surface area contributed by atoms with Crippen molar-refractivity contribution in [3.63, 3.8) is 0 Å². The molecule has 0 fully saturated rings. The molecule has 6 heteroatoms. The number of carbonyl (C=O) groups is 2. The summed E-state index contributed by atoms with van der Waals surface area (Å²) in [6, 6.07) is 24.8. The topological polar surface area (TPSA) is 63.5 Å². The zero-order valence-corrected chi connectivity index (χ0v) is 21.2. The fourth-order valence-corrected chi connectivity index (χ4v) is 4.74. The fourth-order valence-electron chi connectivity index (χ4n) is 3.77. The van der Waals surface area contributed by atoms with Crippen LogP contribution in [0.1, 0.15) is 60.9 Å². The van der Waals surface area contributed by atoms with E-state index in [0.29, 0.717) is 22.5 Å². The van der Waals surface area contributed by atoms with Gasteiger partial charge >= 0.3 is 0 Å². The lowest BCUT2D eigenvalue weighted by Gasteiger charge is -2.14. The van der Waals surface area contributed by atoms with Crippen LogP contribution in [0.4, 0.5) is 0 Å². The second kappa shape index (κ2) is 10.7. The lowest BCUT2D eigenvalue weighted by Crippen LogP contribution is -2.26. The summed E-state index contributed by atoms with van der Waals surface area (Å²) >= 11 is 1.51. The Morgan fingerprint density at radius 3 is 2.17 bits per heavy atom. The third-order valence-electron chi connectivity index (χ3n) is 6.09. The Bertz CT molecular complexity index is 1400. The number of amides is 2. The van der Waals surface area contributed by atoms with Crippen molar-refractivity contribution in [2.24, 2.45) is 4.99 Å². The van der Waals surface area contributed by atoms with Gasteiger partial charge in [0.15, 0.2) is 4.80 Å². The predicted molar refractivity (Wildman–Crippen MR) is 141 cm³/mol. The van der Waals surface area contributed by atoms with Crippen molar-refractivity contribution in [3.05, 3.63) is 122 Å². The predicted octanol–water partition coefficient (Wildman–Crippen LogP) is 5.76. The smallest absolute Gasteiger partial charge is 0.279 e. The van der Waals surface area contributed by atoms with Gasteiger partial charge in [-0.3, -0.25) is 9.59 Å². The molecule has 0 unspecified atom stereocenters. The van der Waals surface area contributed by atoms with Crippen molar-refractivity contribution >= 4 is 23.2 Å². The molecule has 0 saturated carbocycles. The van der Waals surface area contributed by atoms with Crippen LogP contribution < -0.4 is 10.1 Å². The van der Waals surface area contributed by atoms with E-state index in [9.17, 15) is 9.59 Å². The number of aryl methyl sites for hydroxylation is 2. The van der Waals surface area contributed by atoms with E-state index in [-0.39, 0.29) is 17.9 Å². The number of thiazole rings is 1. The highest BCUT2D eigenvalue weighted by molar-refractivity contribution is 7.09. The van der Waals surface area contributed by atoms with Crippen LogP contribution in [0, 0.1) is 20.8 Å². The normalized spacial score (nSPS) is 12.4. The van der Waals surface area contributed by atoms with Crippen LogP contribution >= 0.6 is 11.3 Å². The number of hydrogen-bond acceptors (Lipinski definition) is 3. The minimum Gasteiger partial charge on any atom is -0.346 e. The van der Waals surface area contributed by atoms with E-state index in [2.05, 4.69) is 14.9 Å². The van der Waals surface area contributed by atoms with Crippen LogP contribution in [-0.2, 0) is 6.54 Å². The molecule has 0 saturated heterocycles. The summed E-state index contributed by atoms with van der Waals surface area (Å²) in [4.78, 5) is 31.7. The molecule has 1 atom stereocenters. The average molecular weight is 484 g/mol. The molecular formula is C29H29N3O2S. The summed E-state index contributed by atoms with van der Waals surface area (Å²) < 4.78 is 2.05. The molecule has 1 aromatic heterocycles. The maximum Gasteiger partial charge on any atom is 0.279 e. The van der Waals surface area contributed by atoms with Crippen LogP contribution in [0.5, 0.6) is 0 Å². The van der Waals surface area contributed by atoms with Gasteiger partial charge in [-0.1, -0.05) is 60.2 Å². The van der Waals surface area contributed by atoms with Crippen LogP contribution in [0.2, 0.25) is 0 Å². The molecule has 0 spiro atoms. The van der Waals surface area contributed by atoms with Gasteiger partial charge in [-0.2, -0.15) is 4.99 Å². The molecule has 35 heavy (non-hydrogen) atoms. The Kier molecular flexibility index (Phi) is 7.42. The SMILES string of the molecule is Cc1ccc(C(=O)N=c2sc(C)c(C)n2Cc2ccc(C(=O)N[C@H](C)c3ccccc3)cc2)cc1. The summed E-state index contributed by atoms with van der Waals surface area (Å²) in [5.74, 6) is -0.359. The van der Waals surface area contributed by atoms with Crippen LogP contribution in [0.3, 0.4) is 0 Å². The second-order valence-electron chi connectivity index (χ2n) is 8.70. The summed E-state index contributed by atoms with van der Waals surface area (Å²) in [6.07, 6.45) is 0. The van der Waals surface area contributed by atoms with E-state index in [1.807, 2.05) is 94.4 Å². The highest BCUT2D eigenvalue weighted by Crippen LogP contribution is 2.15. The first kappa shape index (κ1) is 24.4. The van der Waals surface area contributed by atoms with Gasteiger partial charge in [0, 0.05) is 21.7 Å². The third-order valence-corrected chi connectivity index (χ3v) is 7.19. The third kappa shape index (κ3) is 5.84. The minimum atomic E-state index is -0.250. The van der Waals surface area contributed by atoms with Gasteiger partial charge < -0.3 is 9.88 Å². The van der Waals surface area contributed by atoms with Crippen molar-refractivity contribution in [1.29, 1.82) is 0 Å². The first-order valence-electron chi connectivity index (χ1n) is 11.6. The number of benzene rings is 3. The van der Waals surface area contributed by atoms with Gasteiger partial charge in [-0.25, -0.2) is 0 Å². The quantitative estimate of drug-likeness (QED) is 0.379. The number of nitrogens with zero attached hydrogens (tertiary/aromatic N) is 2. The summed E-state index contributed by atoms with van der Waals surface area (Å²) in [5, 5.41) is 3.05. The fraction of sp³-hybridized carbons (Fsp3) is 0.207. The Labute approximate surface area is 209 Å². The maximum atomic E-state index is 12.7. The van der Waals surface area contributed by atoms with Crippen molar-refractivity contribution in [1.82, 2.24) is 9.88 Å². The van der Waals surface area contributed by atoms with E-state index in [0.717, 1.165) is 27.3 Å². The molecule has 4 aromatic rings. The van der Waals surface area contributed by atoms with E-state index in [4.69, 9.17) is 0 Å². The molecule has 0 aliphatic carbocycles. The van der Waals surface area contributed by atoms with Gasteiger partial charge in [0.1, 0.15) is 0 Å². The number of hydrogen-bond donors (Lipinski definition) is 1. The van der Waals surface area contributed by atoms with E-state index < -0.39 is 0 Å². The van der Waals surface area contributed by atoms with E-state index in [1.54, 1.807) is 12.1 Å². The molecular weight excluding hydrogens is 454 g/mol. The highest BCUT2D eigenvalue weighted by Gasteiger charge is 2.13. The summed E-state index contributed by atoms with van der Waals surface area (Å²) in [5.41, 5.74) is 5.46. The molecule has 5 nitrogen and oxygen atoms in total. The molecule has 0 bridgehead atoms. The Balaban J connectivity index is 1.51. The van der Waals surface area contributed by atoms with E-state index in [1.165, 1.54) is 11.3 Å². The lowest BCUT2D eigenvalue weighted by atomic mass is 10.1. The Morgan fingerprint density at radius 1 is 0.886 bits per heavy atom. The number of rotatable bonds is 6. The Morgan fingerprint density at radius 2 is 1.51 bits per heavy atom. The van der Waals surface area contributed by atoms with Gasteiger partial charge in [0.25, 0.3) is 11.8 Å². The van der Waals surface area contributed by atoms with Crippen molar-refractivity contribution < 1.29 is 9.59 Å². The standard InChI is InChI=1S/C29H29N3O2S/c1-19-10-14-25(15-11-19)28(34)31-29-32(21(3)22(4)35-29)18-23-12-16-26(17-13-23)27(33)30-20(2)24-8-6-5-7-9-24/h5-17,20H,18H2,1-4H3,(H,30,33)/t20-/m1/s1. The largest absolute Gasteiger partial charge is 0.346 e. The number of aromatic nitrogens is 1. The van der Waals surface area contributed by atoms with Crippen molar-refractivity contribution in [3.8, 4) is 0 Å². The van der Waals surface area contributed by atoms with Crippen molar-refractivity contribution in [2.45, 2.75) is 40.3 Å². The molecule has 4 rings (SSSR count). The number of carbonyl (C=O) groups excluding carboxylic acids is 2. The lowest BCUT2D eigenvalue weighted by molar-refractivity contribution is 0.0938. The molecule has 0 aliphatic rings. The molecule has 0 aliphatic heterocycles. The van der Waals surface area contributed by atoms with Crippen molar-refractivity contribution in [2.75, 3.05) is 0 Å². The minimum absolute atomic E-state index is 0.0781. The monoisotopic (exact) mass is 483 g/mol. The van der Waals surface area contributed by atoms with Gasteiger partial charge in [-0.05, 0) is 63.1 Å². The van der Waals surface area contributed by atoms with Gasteiger partial charge in [0.2, 0.25) is 0 Å². The first-order valence-corrected chi connectivity index (χ1v) is 12.4. The molecule has 1 N–H and O–H groups in total. The van der Waals surface area contributed by atoms with Crippen LogP contribution in [0.15, 0.2) is 83.9 Å². The number of nitrogens with one attached hydrogen (secondary N) is 1. The van der Waals surface area contributed by atoms with Gasteiger partial charge in [0.05, 0.1) is 12.6 Å². The zero-order chi connectivity index (χ0) is 24.9. The average Bonchev–Trinajstić information content (AvgIpc) is 3.12. The van der Waals surface area contributed by atoms with Crippen LogP contribution in [-0.4, -0.2) is 16.4 Å². The molecule has 1 heterocycles. The zero-order valence-electron chi connectivity index (χ0n) is 20.4. The summed E-state index contributed by atoms with van der Waals surface area (Å²) in [6.45, 7) is 8.60. The van der Waals surface area contributed by atoms with Crippen LogP contribution in [0.25, 0.3) is 0 Å².